The van der Waals surface area contributed by atoms with Crippen LogP contribution in [0.2, 0.25) is 0 Å². The minimum absolute atomic E-state index is 0. The summed E-state index contributed by atoms with van der Waals surface area (Å²) in [5.74, 6) is 0. The Hall–Kier alpha value is -4.69. The summed E-state index contributed by atoms with van der Waals surface area (Å²) in [4.78, 5) is 4.38. The van der Waals surface area contributed by atoms with Crippen molar-refractivity contribution in [3.63, 3.8) is 0 Å². The number of fused-ring (bicyclic) bond motifs is 5. The second-order valence-corrected chi connectivity index (χ2v) is 9.76. The molecule has 218 valence electrons. The van der Waals surface area contributed by atoms with Gasteiger partial charge in [0.05, 0.1) is 23.3 Å². The Kier molecular flexibility index (Phi) is 12.5. The van der Waals surface area contributed by atoms with Gasteiger partial charge in [0.1, 0.15) is 0 Å². The molecule has 1 heterocycles. The number of rotatable bonds is 0. The molecule has 7 aromatic rings. The van der Waals surface area contributed by atoms with Crippen molar-refractivity contribution in [2.75, 3.05) is 0 Å². The normalized spacial score (nSPS) is 10.0. The first kappa shape index (κ1) is 33.8. The molecule has 0 saturated carbocycles. The molecule has 0 radical (unpaired) electrons. The number of nitriles is 2. The summed E-state index contributed by atoms with van der Waals surface area (Å²) in [7, 11) is -4.94. The summed E-state index contributed by atoms with van der Waals surface area (Å²) in [6, 6.07) is 49.1. The van der Waals surface area contributed by atoms with Gasteiger partial charge in [0, 0.05) is 6.20 Å². The van der Waals surface area contributed by atoms with E-state index in [4.69, 9.17) is 29.2 Å². The molecule has 1 aromatic heterocycles. The maximum absolute atomic E-state index is 8.65. The summed E-state index contributed by atoms with van der Waals surface area (Å²) >= 11 is 0. The Morgan fingerprint density at radius 2 is 0.977 bits per heavy atom. The molecule has 0 aliphatic heterocycles. The molecule has 7 rings (SSSR count). The van der Waals surface area contributed by atoms with Crippen molar-refractivity contribution >= 4 is 43.2 Å². The summed E-state index contributed by atoms with van der Waals surface area (Å²) < 4.78 is 34.0. The maximum atomic E-state index is 8.65. The van der Waals surface area contributed by atoms with Crippen LogP contribution in [0, 0.1) is 39.0 Å². The van der Waals surface area contributed by atoms with Gasteiger partial charge >= 0.3 is 21.1 Å². The second-order valence-electron chi connectivity index (χ2n) is 9.00. The van der Waals surface area contributed by atoms with Crippen LogP contribution in [-0.4, -0.2) is 4.98 Å². The Bertz CT molecular complexity index is 1940. The second kappa shape index (κ2) is 16.2. The minimum atomic E-state index is -4.94. The number of hydrogen-bond donors (Lipinski definition) is 0. The van der Waals surface area contributed by atoms with Gasteiger partial charge in [0.25, 0.3) is 0 Å². The average Bonchev–Trinajstić information content (AvgIpc) is 3.04. The molecule has 0 saturated heterocycles. The van der Waals surface area contributed by atoms with Crippen molar-refractivity contribution in [2.24, 2.45) is 0 Å². The third-order valence-electron chi connectivity index (χ3n) is 6.16. The molecule has 44 heavy (non-hydrogen) atoms. The van der Waals surface area contributed by atoms with Gasteiger partial charge < -0.3 is 4.98 Å². The van der Waals surface area contributed by atoms with E-state index in [2.05, 4.69) is 47.5 Å². The molecule has 0 unspecified atom stereocenters. The zero-order chi connectivity index (χ0) is 30.7. The van der Waals surface area contributed by atoms with Gasteiger partial charge in [0.2, 0.25) is 0 Å². The first-order chi connectivity index (χ1) is 20.7. The van der Waals surface area contributed by atoms with Gasteiger partial charge in [-0.25, -0.2) is 18.6 Å². The van der Waals surface area contributed by atoms with Crippen molar-refractivity contribution in [2.45, 2.75) is 0 Å². The number of pyridine rings is 1. The van der Waals surface area contributed by atoms with Crippen LogP contribution in [0.15, 0.2) is 134 Å². The van der Waals surface area contributed by atoms with E-state index in [0.29, 0.717) is 11.1 Å². The number of nitrogens with zero attached hydrogens (tertiary/aromatic N) is 3. The van der Waals surface area contributed by atoms with Crippen molar-refractivity contribution in [1.82, 2.24) is 4.98 Å². The zero-order valence-corrected chi connectivity index (χ0v) is 25.9. The molecule has 0 spiro atoms. The van der Waals surface area contributed by atoms with E-state index in [0.717, 1.165) is 21.7 Å². The van der Waals surface area contributed by atoms with Crippen LogP contribution in [0.5, 0.6) is 0 Å². The molecule has 9 heteroatoms. The van der Waals surface area contributed by atoms with Crippen LogP contribution < -0.4 is 18.6 Å². The van der Waals surface area contributed by atoms with Crippen LogP contribution in [0.4, 0.5) is 0 Å². The number of halogens is 1. The summed E-state index contributed by atoms with van der Waals surface area (Å²) in [6.45, 7) is 0. The van der Waals surface area contributed by atoms with E-state index in [1.807, 2.05) is 109 Å². The first-order valence-corrected chi connectivity index (χ1v) is 14.0. The fourth-order valence-corrected chi connectivity index (χ4v) is 4.25. The van der Waals surface area contributed by atoms with Crippen molar-refractivity contribution in [3.05, 3.63) is 151 Å². The molecule has 0 bridgehead atoms. The van der Waals surface area contributed by atoms with E-state index in [1.165, 1.54) is 21.5 Å². The molecule has 0 N–H and O–H groups in total. The Morgan fingerprint density at radius 3 is 1.50 bits per heavy atom. The quantitative estimate of drug-likeness (QED) is 0.168. The topological polar surface area (TPSA) is 153 Å². The van der Waals surface area contributed by atoms with Gasteiger partial charge in [-0.05, 0) is 62.8 Å². The van der Waals surface area contributed by atoms with Crippen LogP contribution in [-0.2, 0) is 21.1 Å². The molecule has 0 aliphatic carbocycles. The molecule has 0 aliphatic rings. The van der Waals surface area contributed by atoms with E-state index in [1.54, 1.807) is 0 Å². The van der Waals surface area contributed by atoms with Crippen molar-refractivity contribution in [3.8, 4) is 12.1 Å². The number of hydrogen-bond acceptors (Lipinski definition) is 7. The van der Waals surface area contributed by atoms with Crippen molar-refractivity contribution in [1.29, 1.82) is 10.5 Å². The van der Waals surface area contributed by atoms with Crippen molar-refractivity contribution < 1.29 is 49.9 Å². The Morgan fingerprint density at radius 1 is 0.545 bits per heavy atom. The Labute approximate surface area is 270 Å². The third-order valence-corrected chi connectivity index (χ3v) is 6.16. The standard InChI is InChI=1S/C13H8N.2C11H7N.ClHO4.Pt/c1-2-6-12-10(4-1)7-8-11-5-3-9-14-13(11)12;2*12-8-9-5-6-10-3-1-2-4-11(10)7-9;2-1(3,4)5;/h1-5,7-9H;2*1-7H;(H,2,3,4,5);/q-1;;;;+2/p-1. The summed E-state index contributed by atoms with van der Waals surface area (Å²) in [5, 5.41) is 25.4. The molecule has 0 amide bonds. The number of aromatic nitrogens is 1. The summed E-state index contributed by atoms with van der Waals surface area (Å²) in [6.07, 6.45) is 1.82. The molecular weight excluding hydrogens is 757 g/mol. The zero-order valence-electron chi connectivity index (χ0n) is 22.9. The van der Waals surface area contributed by atoms with Crippen LogP contribution >= 0.6 is 0 Å². The number of benzene rings is 6. The molecular formula is C35H22ClN3O4Pt. The molecule has 7 nitrogen and oxygen atoms in total. The van der Waals surface area contributed by atoms with Crippen LogP contribution in [0.3, 0.4) is 0 Å². The monoisotopic (exact) mass is 778 g/mol. The largest absolute Gasteiger partial charge is 2.00 e. The van der Waals surface area contributed by atoms with E-state index >= 15 is 0 Å². The van der Waals surface area contributed by atoms with Gasteiger partial charge in [0.15, 0.2) is 0 Å². The van der Waals surface area contributed by atoms with Gasteiger partial charge in [-0.2, -0.15) is 10.5 Å². The Balaban J connectivity index is 0.000000167. The first-order valence-electron chi connectivity index (χ1n) is 12.8. The third kappa shape index (κ3) is 9.95. The minimum Gasteiger partial charge on any atom is -0.304 e. The molecule has 6 aromatic carbocycles. The SMILES string of the molecule is N#Cc1ccc2ccccc2c1.N#Cc1ccc2ccccc2c1.[O-][Cl+3]([O-])([O-])[O-].[Pt+2].[c-]1cccc2ccc3cccnc3c12. The van der Waals surface area contributed by atoms with E-state index in [9.17, 15) is 0 Å². The van der Waals surface area contributed by atoms with Gasteiger partial charge in [-0.15, -0.1) is 45.3 Å². The fourth-order valence-electron chi connectivity index (χ4n) is 4.25. The molecule has 0 atom stereocenters. The smallest absolute Gasteiger partial charge is 0.304 e. The fraction of sp³-hybridized carbons (Fsp3) is 0. The van der Waals surface area contributed by atoms with Crippen LogP contribution in [0.25, 0.3) is 43.2 Å². The van der Waals surface area contributed by atoms with E-state index in [-0.39, 0.29) is 21.1 Å². The van der Waals surface area contributed by atoms with Gasteiger partial charge in [-0.1, -0.05) is 78.9 Å². The maximum Gasteiger partial charge on any atom is 2.00 e. The van der Waals surface area contributed by atoms with Gasteiger partial charge in [-0.3, -0.25) is 0 Å². The predicted octanol–water partition coefficient (Wildman–Crippen LogP) is 3.85. The van der Waals surface area contributed by atoms with Crippen LogP contribution in [0.1, 0.15) is 11.1 Å². The average molecular weight is 779 g/mol. The van der Waals surface area contributed by atoms with E-state index < -0.39 is 10.2 Å². The summed E-state index contributed by atoms with van der Waals surface area (Å²) in [5.41, 5.74) is 2.47. The molecule has 0 fully saturated rings. The predicted molar refractivity (Wildman–Crippen MR) is 155 cm³/mol.